The number of hydrogen-bond acceptors (Lipinski definition) is 3. The number of aryl methyl sites for hydroxylation is 2. The monoisotopic (exact) mass is 374 g/mol. The second-order valence-electron chi connectivity index (χ2n) is 6.86. The average Bonchev–Trinajstić information content (AvgIpc) is 2.55. The quantitative estimate of drug-likeness (QED) is 0.835. The molecule has 1 amide bonds. The first-order chi connectivity index (χ1) is 12.1. The van der Waals surface area contributed by atoms with Crippen LogP contribution in [0.25, 0.3) is 0 Å². The van der Waals surface area contributed by atoms with E-state index in [9.17, 15) is 13.2 Å². The molecule has 0 aromatic heterocycles. The van der Waals surface area contributed by atoms with Crippen LogP contribution in [0.5, 0.6) is 0 Å². The van der Waals surface area contributed by atoms with Crippen molar-refractivity contribution in [1.29, 1.82) is 0 Å². The van der Waals surface area contributed by atoms with Gasteiger partial charge in [-0.1, -0.05) is 32.0 Å². The second kappa shape index (κ2) is 7.91. The third kappa shape index (κ3) is 5.08. The highest BCUT2D eigenvalue weighted by Gasteiger charge is 2.21. The van der Waals surface area contributed by atoms with Crippen molar-refractivity contribution in [3.63, 3.8) is 0 Å². The summed E-state index contributed by atoms with van der Waals surface area (Å²) < 4.78 is 25.5. The van der Waals surface area contributed by atoms with Gasteiger partial charge in [0.2, 0.25) is 15.9 Å². The van der Waals surface area contributed by atoms with Crippen molar-refractivity contribution in [2.75, 3.05) is 22.4 Å². The molecule has 2 aromatic rings. The van der Waals surface area contributed by atoms with E-state index >= 15 is 0 Å². The molecular formula is C20H26N2O3S. The van der Waals surface area contributed by atoms with E-state index in [0.717, 1.165) is 27.3 Å². The Labute approximate surface area is 156 Å². The fourth-order valence-electron chi connectivity index (χ4n) is 2.58. The summed E-state index contributed by atoms with van der Waals surface area (Å²) in [5, 5.41) is 2.77. The van der Waals surface area contributed by atoms with Crippen LogP contribution in [0.3, 0.4) is 0 Å². The van der Waals surface area contributed by atoms with E-state index < -0.39 is 10.0 Å². The van der Waals surface area contributed by atoms with Crippen LogP contribution >= 0.6 is 0 Å². The molecule has 0 saturated heterocycles. The predicted octanol–water partition coefficient (Wildman–Crippen LogP) is 3.83. The van der Waals surface area contributed by atoms with Crippen molar-refractivity contribution >= 4 is 27.3 Å². The number of carbonyl (C=O) groups is 1. The minimum Gasteiger partial charge on any atom is -0.325 e. The Morgan fingerprint density at radius 3 is 2.15 bits per heavy atom. The standard InChI is InChI=1S/C20H26N2O3S/c1-14(2)17-7-10-19(11-8-17)22(26(5,24)25)13-20(23)21-18-9-6-15(3)16(4)12-18/h6-12,14H,13H2,1-5H3,(H,21,23). The molecule has 2 rings (SSSR count). The molecule has 0 fully saturated rings. The number of hydrogen-bond donors (Lipinski definition) is 1. The maximum absolute atomic E-state index is 12.4. The molecule has 140 valence electrons. The number of nitrogens with one attached hydrogen (secondary N) is 1. The summed E-state index contributed by atoms with van der Waals surface area (Å²) >= 11 is 0. The van der Waals surface area contributed by atoms with Crippen molar-refractivity contribution in [3.05, 3.63) is 59.2 Å². The highest BCUT2D eigenvalue weighted by molar-refractivity contribution is 7.92. The first-order valence-electron chi connectivity index (χ1n) is 8.52. The number of benzene rings is 2. The molecule has 6 heteroatoms. The summed E-state index contributed by atoms with van der Waals surface area (Å²) in [6, 6.07) is 12.8. The van der Waals surface area contributed by atoms with Gasteiger partial charge in [-0.25, -0.2) is 8.42 Å². The fourth-order valence-corrected chi connectivity index (χ4v) is 3.43. The molecule has 0 aliphatic heterocycles. The number of carbonyl (C=O) groups excluding carboxylic acids is 1. The van der Waals surface area contributed by atoms with E-state index in [4.69, 9.17) is 0 Å². The Balaban J connectivity index is 2.19. The van der Waals surface area contributed by atoms with Gasteiger partial charge >= 0.3 is 0 Å². The first-order valence-corrected chi connectivity index (χ1v) is 10.4. The molecule has 0 bridgehead atoms. The lowest BCUT2D eigenvalue weighted by molar-refractivity contribution is -0.114. The number of sulfonamides is 1. The lowest BCUT2D eigenvalue weighted by Crippen LogP contribution is -2.37. The van der Waals surface area contributed by atoms with Gasteiger partial charge in [0.15, 0.2) is 0 Å². The Hall–Kier alpha value is -2.34. The summed E-state index contributed by atoms with van der Waals surface area (Å²) in [4.78, 5) is 12.4. The van der Waals surface area contributed by atoms with E-state index in [-0.39, 0.29) is 12.5 Å². The maximum Gasteiger partial charge on any atom is 0.245 e. The molecule has 2 aromatic carbocycles. The number of nitrogens with zero attached hydrogens (tertiary/aromatic N) is 1. The number of anilines is 2. The van der Waals surface area contributed by atoms with Crippen molar-refractivity contribution in [1.82, 2.24) is 0 Å². The Morgan fingerprint density at radius 2 is 1.65 bits per heavy atom. The minimum atomic E-state index is -3.58. The van der Waals surface area contributed by atoms with Crippen LogP contribution in [0.2, 0.25) is 0 Å². The van der Waals surface area contributed by atoms with Gasteiger partial charge < -0.3 is 5.32 Å². The molecule has 26 heavy (non-hydrogen) atoms. The smallest absolute Gasteiger partial charge is 0.245 e. The maximum atomic E-state index is 12.4. The zero-order valence-electron chi connectivity index (χ0n) is 15.9. The minimum absolute atomic E-state index is 0.271. The van der Waals surface area contributed by atoms with Gasteiger partial charge in [-0.2, -0.15) is 0 Å². The summed E-state index contributed by atoms with van der Waals surface area (Å²) in [7, 11) is -3.58. The third-order valence-corrected chi connectivity index (χ3v) is 5.47. The van der Waals surface area contributed by atoms with Crippen molar-refractivity contribution < 1.29 is 13.2 Å². The van der Waals surface area contributed by atoms with Crippen molar-refractivity contribution in [2.24, 2.45) is 0 Å². The van der Waals surface area contributed by atoms with Crippen LogP contribution < -0.4 is 9.62 Å². The predicted molar refractivity (Wildman–Crippen MR) is 107 cm³/mol. The molecule has 0 unspecified atom stereocenters. The van der Waals surface area contributed by atoms with Crippen LogP contribution in [0, 0.1) is 13.8 Å². The van der Waals surface area contributed by atoms with Crippen LogP contribution in [0.1, 0.15) is 36.5 Å². The van der Waals surface area contributed by atoms with Crippen LogP contribution in [0.4, 0.5) is 11.4 Å². The normalized spacial score (nSPS) is 11.5. The van der Waals surface area contributed by atoms with Gasteiger partial charge in [0, 0.05) is 5.69 Å². The molecule has 0 atom stereocenters. The zero-order chi connectivity index (χ0) is 19.5. The molecule has 0 heterocycles. The van der Waals surface area contributed by atoms with Gasteiger partial charge in [-0.05, 0) is 60.7 Å². The zero-order valence-corrected chi connectivity index (χ0v) is 16.7. The van der Waals surface area contributed by atoms with Gasteiger partial charge in [-0.3, -0.25) is 9.10 Å². The van der Waals surface area contributed by atoms with Crippen LogP contribution in [-0.2, 0) is 14.8 Å². The summed E-state index contributed by atoms with van der Waals surface area (Å²) in [6.45, 7) is 7.82. The van der Waals surface area contributed by atoms with E-state index in [1.807, 2.05) is 44.2 Å². The first kappa shape index (κ1) is 20.0. The fraction of sp³-hybridized carbons (Fsp3) is 0.350. The molecule has 1 N–H and O–H groups in total. The Kier molecular flexibility index (Phi) is 6.08. The van der Waals surface area contributed by atoms with Gasteiger partial charge in [0.25, 0.3) is 0 Å². The summed E-state index contributed by atoms with van der Waals surface area (Å²) in [5.41, 5.74) is 4.44. The van der Waals surface area contributed by atoms with E-state index in [1.54, 1.807) is 12.1 Å². The highest BCUT2D eigenvalue weighted by atomic mass is 32.2. The second-order valence-corrected chi connectivity index (χ2v) is 8.77. The molecule has 0 aliphatic rings. The largest absolute Gasteiger partial charge is 0.325 e. The molecule has 0 saturated carbocycles. The van der Waals surface area contributed by atoms with Gasteiger partial charge in [0.05, 0.1) is 11.9 Å². The van der Waals surface area contributed by atoms with Crippen molar-refractivity contribution in [2.45, 2.75) is 33.6 Å². The van der Waals surface area contributed by atoms with E-state index in [1.165, 1.54) is 0 Å². The molecular weight excluding hydrogens is 348 g/mol. The molecule has 0 spiro atoms. The SMILES string of the molecule is Cc1ccc(NC(=O)CN(c2ccc(C(C)C)cc2)S(C)(=O)=O)cc1C. The Morgan fingerprint density at radius 1 is 1.04 bits per heavy atom. The van der Waals surface area contributed by atoms with Crippen LogP contribution in [0.15, 0.2) is 42.5 Å². The number of rotatable bonds is 6. The molecule has 0 radical (unpaired) electrons. The lowest BCUT2D eigenvalue weighted by atomic mass is 10.0. The molecule has 0 aliphatic carbocycles. The highest BCUT2D eigenvalue weighted by Crippen LogP contribution is 2.22. The van der Waals surface area contributed by atoms with Crippen molar-refractivity contribution in [3.8, 4) is 0 Å². The Bertz CT molecular complexity index is 888. The lowest BCUT2D eigenvalue weighted by Gasteiger charge is -2.22. The van der Waals surface area contributed by atoms with Gasteiger partial charge in [0.1, 0.15) is 6.54 Å². The van der Waals surface area contributed by atoms with Gasteiger partial charge in [-0.15, -0.1) is 0 Å². The number of amides is 1. The summed E-state index contributed by atoms with van der Waals surface area (Å²) in [6.07, 6.45) is 1.10. The van der Waals surface area contributed by atoms with Crippen LogP contribution in [-0.4, -0.2) is 27.1 Å². The average molecular weight is 375 g/mol. The van der Waals surface area contributed by atoms with E-state index in [0.29, 0.717) is 17.3 Å². The topological polar surface area (TPSA) is 66.5 Å². The summed E-state index contributed by atoms with van der Waals surface area (Å²) in [5.74, 6) is -0.0320. The van der Waals surface area contributed by atoms with E-state index in [2.05, 4.69) is 19.2 Å². The third-order valence-electron chi connectivity index (χ3n) is 4.33. The molecule has 5 nitrogen and oxygen atoms in total.